The third kappa shape index (κ3) is 2.14. The number of para-hydroxylation sites is 1. The Morgan fingerprint density at radius 1 is 1.29 bits per heavy atom. The summed E-state index contributed by atoms with van der Waals surface area (Å²) in [7, 11) is 0. The molecule has 2 N–H and O–H groups in total. The van der Waals surface area contributed by atoms with Crippen LogP contribution in [0, 0.1) is 5.92 Å². The summed E-state index contributed by atoms with van der Waals surface area (Å²) in [5, 5.41) is 6.48. The number of hydrogen-bond acceptors (Lipinski definition) is 2. The van der Waals surface area contributed by atoms with E-state index in [-0.39, 0.29) is 11.8 Å². The molecule has 1 heterocycles. The van der Waals surface area contributed by atoms with E-state index in [2.05, 4.69) is 22.8 Å². The molecule has 1 saturated carbocycles. The molecule has 0 saturated heterocycles. The molecular formula is C14H18N2O. The van der Waals surface area contributed by atoms with E-state index < -0.39 is 0 Å². The van der Waals surface area contributed by atoms with Crippen molar-refractivity contribution in [3.05, 3.63) is 29.8 Å². The average Bonchev–Trinajstić information content (AvgIpc) is 2.33. The number of hydrogen-bond donors (Lipinski definition) is 2. The number of fused-ring (bicyclic) bond motifs is 1. The fourth-order valence-corrected chi connectivity index (χ4v) is 2.50. The first-order valence-corrected chi connectivity index (χ1v) is 6.45. The van der Waals surface area contributed by atoms with Gasteiger partial charge in [-0.1, -0.05) is 18.2 Å². The molecule has 3 nitrogen and oxygen atoms in total. The van der Waals surface area contributed by atoms with Gasteiger partial charge < -0.3 is 10.6 Å². The minimum atomic E-state index is 0.0884. The first-order valence-electron chi connectivity index (χ1n) is 6.45. The monoisotopic (exact) mass is 230 g/mol. The van der Waals surface area contributed by atoms with Crippen molar-refractivity contribution in [1.29, 1.82) is 0 Å². The molecule has 3 rings (SSSR count). The number of carbonyl (C=O) groups is 1. The number of benzene rings is 1. The second-order valence-electron chi connectivity index (χ2n) is 5.08. The highest BCUT2D eigenvalue weighted by Gasteiger charge is 2.27. The van der Waals surface area contributed by atoms with Crippen LogP contribution in [0.4, 0.5) is 5.69 Å². The maximum atomic E-state index is 12.1. The van der Waals surface area contributed by atoms with E-state index in [4.69, 9.17) is 0 Å². The number of anilines is 1. The van der Waals surface area contributed by atoms with Crippen LogP contribution in [-0.2, 0) is 11.2 Å². The van der Waals surface area contributed by atoms with Crippen molar-refractivity contribution in [2.24, 2.45) is 5.92 Å². The van der Waals surface area contributed by atoms with Gasteiger partial charge in [-0.25, -0.2) is 0 Å². The molecule has 0 bridgehead atoms. The Balaban J connectivity index is 1.64. The Hall–Kier alpha value is -1.51. The number of amides is 1. The van der Waals surface area contributed by atoms with Gasteiger partial charge in [-0.3, -0.25) is 4.79 Å². The molecule has 1 fully saturated rings. The van der Waals surface area contributed by atoms with Crippen LogP contribution in [0.2, 0.25) is 0 Å². The number of rotatable bonds is 2. The average molecular weight is 230 g/mol. The second kappa shape index (κ2) is 4.40. The Kier molecular flexibility index (Phi) is 2.75. The fraction of sp³-hybridized carbons (Fsp3) is 0.500. The maximum absolute atomic E-state index is 12.1. The van der Waals surface area contributed by atoms with Gasteiger partial charge >= 0.3 is 0 Å². The molecule has 1 aliphatic carbocycles. The molecule has 1 aromatic carbocycles. The number of nitrogens with one attached hydrogen (secondary N) is 2. The van der Waals surface area contributed by atoms with Crippen LogP contribution in [0.1, 0.15) is 24.8 Å². The summed E-state index contributed by atoms with van der Waals surface area (Å²) in [5.74, 6) is 0.308. The van der Waals surface area contributed by atoms with Crippen LogP contribution in [0.25, 0.3) is 0 Å². The van der Waals surface area contributed by atoms with E-state index in [1.54, 1.807) is 0 Å². The van der Waals surface area contributed by atoms with Gasteiger partial charge in [0.2, 0.25) is 5.91 Å². The topological polar surface area (TPSA) is 41.1 Å². The lowest BCUT2D eigenvalue weighted by atomic mass is 9.90. The van der Waals surface area contributed by atoms with Gasteiger partial charge in [0.1, 0.15) is 0 Å². The van der Waals surface area contributed by atoms with Gasteiger partial charge in [0.15, 0.2) is 0 Å². The zero-order valence-electron chi connectivity index (χ0n) is 9.91. The molecule has 1 amide bonds. The van der Waals surface area contributed by atoms with Crippen molar-refractivity contribution < 1.29 is 4.79 Å². The Morgan fingerprint density at radius 2 is 2.12 bits per heavy atom. The Morgan fingerprint density at radius 3 is 2.88 bits per heavy atom. The van der Waals surface area contributed by atoms with E-state index in [1.165, 1.54) is 17.7 Å². The third-order valence-corrected chi connectivity index (χ3v) is 3.84. The van der Waals surface area contributed by atoms with Gasteiger partial charge in [0, 0.05) is 18.3 Å². The Labute approximate surface area is 102 Å². The SMILES string of the molecule is O=C(NC1CCC1)C1CNc2ccccc2C1. The first-order chi connectivity index (χ1) is 8.33. The van der Waals surface area contributed by atoms with Crippen LogP contribution in [-0.4, -0.2) is 18.5 Å². The summed E-state index contributed by atoms with van der Waals surface area (Å²) >= 11 is 0. The van der Waals surface area contributed by atoms with Crippen LogP contribution in [0.15, 0.2) is 24.3 Å². The van der Waals surface area contributed by atoms with Crippen molar-refractivity contribution >= 4 is 11.6 Å². The normalized spacial score (nSPS) is 23.2. The fourth-order valence-electron chi connectivity index (χ4n) is 2.50. The smallest absolute Gasteiger partial charge is 0.225 e. The van der Waals surface area contributed by atoms with E-state index in [0.29, 0.717) is 6.04 Å². The van der Waals surface area contributed by atoms with Crippen LogP contribution >= 0.6 is 0 Å². The van der Waals surface area contributed by atoms with Crippen molar-refractivity contribution in [3.8, 4) is 0 Å². The Bertz CT molecular complexity index is 426. The van der Waals surface area contributed by atoms with Crippen molar-refractivity contribution in [2.75, 3.05) is 11.9 Å². The van der Waals surface area contributed by atoms with Crippen LogP contribution in [0.3, 0.4) is 0 Å². The minimum absolute atomic E-state index is 0.0884. The molecule has 90 valence electrons. The maximum Gasteiger partial charge on any atom is 0.225 e. The molecule has 1 aromatic rings. The highest BCUT2D eigenvalue weighted by molar-refractivity contribution is 5.81. The zero-order chi connectivity index (χ0) is 11.7. The van der Waals surface area contributed by atoms with Gasteiger partial charge in [0.25, 0.3) is 0 Å². The van der Waals surface area contributed by atoms with Crippen molar-refractivity contribution in [2.45, 2.75) is 31.7 Å². The molecule has 0 spiro atoms. The van der Waals surface area contributed by atoms with Gasteiger partial charge in [0.05, 0.1) is 5.92 Å². The highest BCUT2D eigenvalue weighted by atomic mass is 16.2. The van der Waals surface area contributed by atoms with Gasteiger partial charge in [-0.2, -0.15) is 0 Å². The lowest BCUT2D eigenvalue weighted by Gasteiger charge is -2.30. The first kappa shape index (κ1) is 10.6. The molecule has 3 heteroatoms. The largest absolute Gasteiger partial charge is 0.384 e. The summed E-state index contributed by atoms with van der Waals surface area (Å²) in [6.07, 6.45) is 4.43. The molecule has 0 radical (unpaired) electrons. The zero-order valence-corrected chi connectivity index (χ0v) is 9.91. The molecule has 0 aromatic heterocycles. The lowest BCUT2D eigenvalue weighted by molar-refractivity contribution is -0.125. The number of carbonyl (C=O) groups excluding carboxylic acids is 1. The van der Waals surface area contributed by atoms with E-state index >= 15 is 0 Å². The standard InChI is InChI=1S/C14H18N2O/c17-14(16-12-5-3-6-12)11-8-10-4-1-2-7-13(10)15-9-11/h1-2,4,7,11-12,15H,3,5-6,8-9H2,(H,16,17). The van der Waals surface area contributed by atoms with Crippen molar-refractivity contribution in [1.82, 2.24) is 5.32 Å². The predicted molar refractivity (Wildman–Crippen MR) is 67.9 cm³/mol. The second-order valence-corrected chi connectivity index (χ2v) is 5.08. The minimum Gasteiger partial charge on any atom is -0.384 e. The predicted octanol–water partition coefficient (Wildman–Crippen LogP) is 1.94. The summed E-state index contributed by atoms with van der Waals surface area (Å²) in [6, 6.07) is 8.69. The van der Waals surface area contributed by atoms with Crippen molar-refractivity contribution in [3.63, 3.8) is 0 Å². The molecule has 1 atom stereocenters. The molecule has 2 aliphatic rings. The van der Waals surface area contributed by atoms with Gasteiger partial charge in [-0.05, 0) is 37.3 Å². The quantitative estimate of drug-likeness (QED) is 0.815. The molecule has 17 heavy (non-hydrogen) atoms. The summed E-state index contributed by atoms with van der Waals surface area (Å²) in [6.45, 7) is 0.759. The van der Waals surface area contributed by atoms with Gasteiger partial charge in [-0.15, -0.1) is 0 Å². The van der Waals surface area contributed by atoms with Crippen LogP contribution < -0.4 is 10.6 Å². The molecular weight excluding hydrogens is 212 g/mol. The third-order valence-electron chi connectivity index (χ3n) is 3.84. The molecule has 1 unspecified atom stereocenters. The summed E-state index contributed by atoms with van der Waals surface area (Å²) < 4.78 is 0. The van der Waals surface area contributed by atoms with Crippen LogP contribution in [0.5, 0.6) is 0 Å². The lowest BCUT2D eigenvalue weighted by Crippen LogP contribution is -2.45. The summed E-state index contributed by atoms with van der Waals surface area (Å²) in [5.41, 5.74) is 2.44. The molecule has 1 aliphatic heterocycles. The summed E-state index contributed by atoms with van der Waals surface area (Å²) in [4.78, 5) is 12.1. The van der Waals surface area contributed by atoms with E-state index in [9.17, 15) is 4.79 Å². The van der Waals surface area contributed by atoms with E-state index in [0.717, 1.165) is 25.8 Å². The van der Waals surface area contributed by atoms with E-state index in [1.807, 2.05) is 12.1 Å². The highest BCUT2D eigenvalue weighted by Crippen LogP contribution is 2.25.